The van der Waals surface area contributed by atoms with E-state index in [0.717, 1.165) is 22.6 Å². The number of anilines is 1. The molecule has 0 atom stereocenters. The number of amides is 1. The first-order valence-corrected chi connectivity index (χ1v) is 10.8. The smallest absolute Gasteiger partial charge is 0.241 e. The van der Waals surface area contributed by atoms with Gasteiger partial charge in [-0.25, -0.2) is 18.1 Å². The number of aromatic nitrogens is 2. The third-order valence-electron chi connectivity index (χ3n) is 4.49. The van der Waals surface area contributed by atoms with Crippen molar-refractivity contribution < 1.29 is 13.2 Å². The number of carbonyl (C=O) groups is 1. The van der Waals surface area contributed by atoms with Crippen LogP contribution in [0.3, 0.4) is 0 Å². The zero-order valence-electron chi connectivity index (χ0n) is 14.6. The average Bonchev–Trinajstić information content (AvgIpc) is 3.38. The molecule has 1 aliphatic heterocycles. The molecule has 3 aromatic rings. The molecule has 0 saturated heterocycles. The van der Waals surface area contributed by atoms with Crippen LogP contribution in [0.1, 0.15) is 18.3 Å². The minimum Gasteiger partial charge on any atom is -0.340 e. The monoisotopic (exact) mass is 402 g/mol. The van der Waals surface area contributed by atoms with Crippen LogP contribution in [-0.4, -0.2) is 30.8 Å². The fraction of sp³-hybridized carbons (Fsp3) is 0.222. The van der Waals surface area contributed by atoms with Gasteiger partial charge in [0.25, 0.3) is 0 Å². The van der Waals surface area contributed by atoms with Crippen molar-refractivity contribution >= 4 is 33.0 Å². The fourth-order valence-corrected chi connectivity index (χ4v) is 4.81. The van der Waals surface area contributed by atoms with Crippen LogP contribution in [0.2, 0.25) is 0 Å². The topological polar surface area (TPSA) is 95.2 Å². The first-order chi connectivity index (χ1) is 12.9. The number of benzene rings is 1. The molecule has 0 fully saturated rings. The lowest BCUT2D eigenvalue weighted by Crippen LogP contribution is -2.27. The van der Waals surface area contributed by atoms with Gasteiger partial charge in [0.2, 0.25) is 15.9 Å². The Kier molecular flexibility index (Phi) is 4.58. The second kappa shape index (κ2) is 6.91. The quantitative estimate of drug-likeness (QED) is 0.686. The van der Waals surface area contributed by atoms with E-state index in [0.29, 0.717) is 18.1 Å². The summed E-state index contributed by atoms with van der Waals surface area (Å²) in [5.41, 5.74) is 2.51. The predicted octanol–water partition coefficient (Wildman–Crippen LogP) is 2.53. The number of thiophene rings is 1. The maximum absolute atomic E-state index is 12.7. The molecule has 7 nitrogen and oxygen atoms in total. The SMILES string of the molecule is CC(=O)N1CCc2ccc(S(=O)(=O)NCc3ncc(-c4cccs4)[nH]3)cc21. The van der Waals surface area contributed by atoms with E-state index in [1.807, 2.05) is 17.5 Å². The van der Waals surface area contributed by atoms with Crippen molar-refractivity contribution in [3.63, 3.8) is 0 Å². The van der Waals surface area contributed by atoms with Gasteiger partial charge in [0.05, 0.1) is 28.2 Å². The Hall–Kier alpha value is -2.49. The number of aromatic amines is 1. The predicted molar refractivity (Wildman–Crippen MR) is 104 cm³/mol. The van der Waals surface area contributed by atoms with E-state index in [4.69, 9.17) is 0 Å². The Balaban J connectivity index is 1.51. The van der Waals surface area contributed by atoms with Crippen molar-refractivity contribution in [3.8, 4) is 10.6 Å². The molecule has 0 bridgehead atoms. The van der Waals surface area contributed by atoms with E-state index >= 15 is 0 Å². The van der Waals surface area contributed by atoms with Crippen LogP contribution in [0.15, 0.2) is 46.8 Å². The van der Waals surface area contributed by atoms with Crippen molar-refractivity contribution in [1.29, 1.82) is 0 Å². The van der Waals surface area contributed by atoms with E-state index in [9.17, 15) is 13.2 Å². The van der Waals surface area contributed by atoms with Crippen LogP contribution in [-0.2, 0) is 27.8 Å². The third kappa shape index (κ3) is 3.53. The highest BCUT2D eigenvalue weighted by Crippen LogP contribution is 2.30. The first-order valence-electron chi connectivity index (χ1n) is 8.42. The van der Waals surface area contributed by atoms with E-state index in [1.165, 1.54) is 6.92 Å². The highest BCUT2D eigenvalue weighted by molar-refractivity contribution is 7.89. The van der Waals surface area contributed by atoms with Crippen molar-refractivity contribution in [2.75, 3.05) is 11.4 Å². The minimum absolute atomic E-state index is 0.0568. The summed E-state index contributed by atoms with van der Waals surface area (Å²) in [4.78, 5) is 21.9. The number of hydrogen-bond acceptors (Lipinski definition) is 5. The maximum atomic E-state index is 12.7. The summed E-state index contributed by atoms with van der Waals surface area (Å²) >= 11 is 1.58. The van der Waals surface area contributed by atoms with Gasteiger partial charge in [0.15, 0.2) is 0 Å². The van der Waals surface area contributed by atoms with Crippen LogP contribution in [0.25, 0.3) is 10.6 Å². The van der Waals surface area contributed by atoms with Crippen molar-refractivity contribution in [2.24, 2.45) is 0 Å². The molecule has 2 N–H and O–H groups in total. The summed E-state index contributed by atoms with van der Waals surface area (Å²) in [7, 11) is -3.72. The van der Waals surface area contributed by atoms with Crippen molar-refractivity contribution in [2.45, 2.75) is 24.8 Å². The lowest BCUT2D eigenvalue weighted by molar-refractivity contribution is -0.116. The number of H-pyrrole nitrogens is 1. The standard InChI is InChI=1S/C18H18N4O3S2/c1-12(23)22-7-6-13-4-5-14(9-16(13)22)27(24,25)20-11-18-19-10-15(21-18)17-3-2-8-26-17/h2-5,8-10,20H,6-7,11H2,1H3,(H,19,21). The number of imidazole rings is 1. The molecule has 0 saturated carbocycles. The largest absolute Gasteiger partial charge is 0.340 e. The molecule has 2 aromatic heterocycles. The molecule has 1 aliphatic rings. The van der Waals surface area contributed by atoms with Crippen LogP contribution < -0.4 is 9.62 Å². The van der Waals surface area contributed by atoms with Gasteiger partial charge >= 0.3 is 0 Å². The number of nitrogens with zero attached hydrogens (tertiary/aromatic N) is 2. The Morgan fingerprint density at radius 3 is 2.96 bits per heavy atom. The minimum atomic E-state index is -3.72. The molecular weight excluding hydrogens is 384 g/mol. The van der Waals surface area contributed by atoms with Gasteiger partial charge in [-0.1, -0.05) is 12.1 Å². The van der Waals surface area contributed by atoms with E-state index in [-0.39, 0.29) is 17.3 Å². The summed E-state index contributed by atoms with van der Waals surface area (Å²) in [5, 5.41) is 1.97. The van der Waals surface area contributed by atoms with E-state index in [1.54, 1.807) is 40.6 Å². The Morgan fingerprint density at radius 1 is 1.37 bits per heavy atom. The Morgan fingerprint density at radius 2 is 2.22 bits per heavy atom. The lowest BCUT2D eigenvalue weighted by atomic mass is 10.2. The third-order valence-corrected chi connectivity index (χ3v) is 6.79. The number of rotatable bonds is 5. The van der Waals surface area contributed by atoms with Crippen molar-refractivity contribution in [3.05, 3.63) is 53.3 Å². The van der Waals surface area contributed by atoms with E-state index in [2.05, 4.69) is 14.7 Å². The van der Waals surface area contributed by atoms with Gasteiger partial charge in [-0.3, -0.25) is 4.79 Å². The fourth-order valence-electron chi connectivity index (χ4n) is 3.11. The molecule has 1 aromatic carbocycles. The first kappa shape index (κ1) is 17.9. The second-order valence-electron chi connectivity index (χ2n) is 6.26. The normalized spacial score (nSPS) is 13.7. The van der Waals surface area contributed by atoms with Gasteiger partial charge < -0.3 is 9.88 Å². The zero-order valence-corrected chi connectivity index (χ0v) is 16.2. The molecule has 9 heteroatoms. The van der Waals surface area contributed by atoms with Gasteiger partial charge in [-0.2, -0.15) is 0 Å². The van der Waals surface area contributed by atoms with E-state index < -0.39 is 10.0 Å². The summed E-state index contributed by atoms with van der Waals surface area (Å²) in [5.74, 6) is 0.446. The summed E-state index contributed by atoms with van der Waals surface area (Å²) < 4.78 is 27.9. The molecule has 27 heavy (non-hydrogen) atoms. The molecule has 140 valence electrons. The molecule has 1 amide bonds. The Labute approximate surface area is 161 Å². The molecular formula is C18H18N4O3S2. The van der Waals surface area contributed by atoms with Crippen molar-refractivity contribution in [1.82, 2.24) is 14.7 Å². The number of carbonyl (C=O) groups excluding carboxylic acids is 1. The average molecular weight is 403 g/mol. The molecule has 3 heterocycles. The summed E-state index contributed by atoms with van der Waals surface area (Å²) in [6, 6.07) is 8.82. The molecule has 0 spiro atoms. The number of fused-ring (bicyclic) bond motifs is 1. The number of nitrogens with one attached hydrogen (secondary N) is 2. The summed E-state index contributed by atoms with van der Waals surface area (Å²) in [6.45, 7) is 2.12. The highest BCUT2D eigenvalue weighted by atomic mass is 32.2. The van der Waals surface area contributed by atoms with Gasteiger partial charge in [-0.05, 0) is 35.6 Å². The molecule has 4 rings (SSSR count). The molecule has 0 radical (unpaired) electrons. The highest BCUT2D eigenvalue weighted by Gasteiger charge is 2.25. The van der Waals surface area contributed by atoms with Gasteiger partial charge in [0.1, 0.15) is 5.82 Å². The molecule has 0 aliphatic carbocycles. The second-order valence-corrected chi connectivity index (χ2v) is 8.97. The van der Waals surface area contributed by atoms with Crippen LogP contribution in [0.4, 0.5) is 5.69 Å². The number of hydrogen-bond donors (Lipinski definition) is 2. The zero-order chi connectivity index (χ0) is 19.0. The maximum Gasteiger partial charge on any atom is 0.241 e. The van der Waals surface area contributed by atoms with Gasteiger partial charge in [0, 0.05) is 19.2 Å². The lowest BCUT2D eigenvalue weighted by Gasteiger charge is -2.15. The summed E-state index contributed by atoms with van der Waals surface area (Å²) in [6.07, 6.45) is 2.43. The van der Waals surface area contributed by atoms with Gasteiger partial charge in [-0.15, -0.1) is 11.3 Å². The Bertz CT molecular complexity index is 1090. The van der Waals surface area contributed by atoms with Crippen LogP contribution in [0, 0.1) is 0 Å². The molecule has 0 unspecified atom stereocenters. The van der Waals surface area contributed by atoms with Crippen LogP contribution >= 0.6 is 11.3 Å². The number of sulfonamides is 1. The van der Waals surface area contributed by atoms with Crippen LogP contribution in [0.5, 0.6) is 0 Å².